The first kappa shape index (κ1) is 13.4. The molecular weight excluding hydrogens is 282 g/mol. The van der Waals surface area contributed by atoms with Crippen molar-refractivity contribution in [2.45, 2.75) is 17.3 Å². The molecule has 0 radical (unpaired) electrons. The van der Waals surface area contributed by atoms with Crippen molar-refractivity contribution in [3.8, 4) is 5.75 Å². The minimum atomic E-state index is -0.331. The number of rotatable bonds is 3. The molecule has 1 heterocycles. The van der Waals surface area contributed by atoms with Crippen molar-refractivity contribution in [1.82, 2.24) is 0 Å². The summed E-state index contributed by atoms with van der Waals surface area (Å²) < 4.78 is 37.7. The summed E-state index contributed by atoms with van der Waals surface area (Å²) in [7, 11) is 0. The van der Waals surface area contributed by atoms with Gasteiger partial charge in [-0.15, -0.1) is 11.8 Å². The lowest BCUT2D eigenvalue weighted by Crippen LogP contribution is -2.13. The lowest BCUT2D eigenvalue weighted by molar-refractivity contribution is -0.0171. The van der Waals surface area contributed by atoms with Crippen LogP contribution in [0.15, 0.2) is 41.3 Å². The summed E-state index contributed by atoms with van der Waals surface area (Å²) in [4.78, 5) is 0.539. The Morgan fingerprint density at radius 2 is 2.00 bits per heavy atom. The van der Waals surface area contributed by atoms with Crippen LogP contribution in [0, 0.1) is 11.6 Å². The van der Waals surface area contributed by atoms with Crippen molar-refractivity contribution in [2.24, 2.45) is 0 Å². The minimum absolute atomic E-state index is 0.163. The van der Waals surface area contributed by atoms with E-state index < -0.39 is 0 Å². The zero-order valence-corrected chi connectivity index (χ0v) is 11.4. The molecule has 0 aromatic heterocycles. The molecule has 5 heteroatoms. The Morgan fingerprint density at radius 3 is 2.85 bits per heavy atom. The van der Waals surface area contributed by atoms with Crippen LogP contribution in [0.3, 0.4) is 0 Å². The molecule has 0 saturated carbocycles. The molecule has 2 nitrogen and oxygen atoms in total. The highest BCUT2D eigenvalue weighted by molar-refractivity contribution is 7.98. The van der Waals surface area contributed by atoms with Crippen molar-refractivity contribution in [3.05, 3.63) is 59.2 Å². The van der Waals surface area contributed by atoms with Crippen LogP contribution >= 0.6 is 11.8 Å². The molecule has 0 amide bonds. The van der Waals surface area contributed by atoms with Gasteiger partial charge in [0, 0.05) is 21.8 Å². The Hall–Kier alpha value is -1.59. The van der Waals surface area contributed by atoms with Crippen molar-refractivity contribution in [1.29, 1.82) is 0 Å². The molecule has 104 valence electrons. The van der Waals surface area contributed by atoms with Crippen molar-refractivity contribution < 1.29 is 18.3 Å². The summed E-state index contributed by atoms with van der Waals surface area (Å²) in [5.41, 5.74) is 1.41. The van der Waals surface area contributed by atoms with Gasteiger partial charge < -0.3 is 9.47 Å². The molecule has 0 atom stereocenters. The first-order valence-corrected chi connectivity index (χ1v) is 7.12. The summed E-state index contributed by atoms with van der Waals surface area (Å²) in [6, 6.07) is 9.37. The van der Waals surface area contributed by atoms with Crippen LogP contribution in [0.4, 0.5) is 8.78 Å². The lowest BCUT2D eigenvalue weighted by Gasteiger charge is -2.20. The number of halogens is 2. The quantitative estimate of drug-likeness (QED) is 0.793. The molecule has 20 heavy (non-hydrogen) atoms. The van der Waals surface area contributed by atoms with E-state index in [4.69, 9.17) is 9.47 Å². The molecule has 0 saturated heterocycles. The number of hydrogen-bond acceptors (Lipinski definition) is 3. The molecule has 0 fully saturated rings. The molecule has 3 rings (SSSR count). The van der Waals surface area contributed by atoms with Gasteiger partial charge in [-0.2, -0.15) is 0 Å². The monoisotopic (exact) mass is 294 g/mol. The highest BCUT2D eigenvalue weighted by atomic mass is 32.2. The summed E-state index contributed by atoms with van der Waals surface area (Å²) in [5, 5.41) is 0. The third-order valence-electron chi connectivity index (χ3n) is 2.97. The smallest absolute Gasteiger partial charge is 0.189 e. The third kappa shape index (κ3) is 2.78. The number of thioether (sulfide) groups is 1. The van der Waals surface area contributed by atoms with Crippen LogP contribution in [-0.4, -0.2) is 6.79 Å². The zero-order chi connectivity index (χ0) is 13.9. The van der Waals surface area contributed by atoms with Crippen LogP contribution < -0.4 is 4.74 Å². The van der Waals surface area contributed by atoms with Gasteiger partial charge in [0.05, 0.1) is 6.61 Å². The van der Waals surface area contributed by atoms with E-state index in [0.717, 1.165) is 5.56 Å². The number of ether oxygens (including phenoxy) is 2. The van der Waals surface area contributed by atoms with Crippen LogP contribution in [0.2, 0.25) is 0 Å². The maximum absolute atomic E-state index is 13.6. The largest absolute Gasteiger partial charge is 0.467 e. The van der Waals surface area contributed by atoms with Gasteiger partial charge in [0.25, 0.3) is 0 Å². The summed E-state index contributed by atoms with van der Waals surface area (Å²) in [6.07, 6.45) is 0. The highest BCUT2D eigenvalue weighted by Gasteiger charge is 2.17. The number of hydrogen-bond donors (Lipinski definition) is 0. The molecule has 0 aliphatic carbocycles. The van der Waals surface area contributed by atoms with Gasteiger partial charge in [-0.05, 0) is 24.3 Å². The van der Waals surface area contributed by atoms with E-state index in [1.165, 1.54) is 30.0 Å². The predicted octanol–water partition coefficient (Wildman–Crippen LogP) is 4.12. The lowest BCUT2D eigenvalue weighted by atomic mass is 10.1. The predicted molar refractivity (Wildman–Crippen MR) is 72.6 cm³/mol. The number of benzene rings is 2. The van der Waals surface area contributed by atoms with Crippen molar-refractivity contribution in [2.75, 3.05) is 6.79 Å². The molecule has 2 aromatic rings. The van der Waals surface area contributed by atoms with Gasteiger partial charge in [-0.1, -0.05) is 12.1 Å². The minimum Gasteiger partial charge on any atom is -0.467 e. The molecule has 0 spiro atoms. The molecule has 1 aliphatic rings. The maximum Gasteiger partial charge on any atom is 0.189 e. The second kappa shape index (κ2) is 5.81. The topological polar surface area (TPSA) is 18.5 Å². The van der Waals surface area contributed by atoms with Crippen LogP contribution in [0.5, 0.6) is 5.75 Å². The fourth-order valence-corrected chi connectivity index (χ4v) is 2.99. The Kier molecular flexibility index (Phi) is 3.89. The Balaban J connectivity index is 1.84. The Labute approximate surface area is 119 Å². The van der Waals surface area contributed by atoms with E-state index in [1.54, 1.807) is 18.2 Å². The molecular formula is C15H12F2O2S. The second-order valence-corrected chi connectivity index (χ2v) is 5.40. The average Bonchev–Trinajstić information content (AvgIpc) is 2.46. The first-order chi connectivity index (χ1) is 9.74. The van der Waals surface area contributed by atoms with Crippen molar-refractivity contribution >= 4 is 11.8 Å². The van der Waals surface area contributed by atoms with Gasteiger partial charge in [-0.25, -0.2) is 8.78 Å². The third-order valence-corrected chi connectivity index (χ3v) is 4.07. The summed E-state index contributed by atoms with van der Waals surface area (Å²) >= 11 is 1.32. The van der Waals surface area contributed by atoms with Gasteiger partial charge in [0.1, 0.15) is 17.4 Å². The van der Waals surface area contributed by atoms with E-state index in [9.17, 15) is 8.78 Å². The highest BCUT2D eigenvalue weighted by Crippen LogP contribution is 2.34. The van der Waals surface area contributed by atoms with E-state index in [1.807, 2.05) is 0 Å². The van der Waals surface area contributed by atoms with Crippen LogP contribution in [0.1, 0.15) is 11.1 Å². The Morgan fingerprint density at radius 1 is 1.15 bits per heavy atom. The van der Waals surface area contributed by atoms with Crippen LogP contribution in [-0.2, 0) is 17.1 Å². The van der Waals surface area contributed by atoms with Gasteiger partial charge in [-0.3, -0.25) is 0 Å². The zero-order valence-electron chi connectivity index (χ0n) is 10.6. The van der Waals surface area contributed by atoms with Crippen LogP contribution in [0.25, 0.3) is 0 Å². The fraction of sp³-hybridized carbons (Fsp3) is 0.200. The first-order valence-electron chi connectivity index (χ1n) is 6.13. The molecule has 0 unspecified atom stereocenters. The standard InChI is InChI=1S/C15H12F2O2S/c16-12-5-10-7-18-9-19-15(10)11(6-12)8-20-14-4-2-1-3-13(14)17/h1-6H,7-9H2. The summed E-state index contributed by atoms with van der Waals surface area (Å²) in [5.74, 6) is 0.497. The average molecular weight is 294 g/mol. The molecule has 0 bridgehead atoms. The van der Waals surface area contributed by atoms with Gasteiger partial charge in [0.15, 0.2) is 6.79 Å². The van der Waals surface area contributed by atoms with E-state index in [0.29, 0.717) is 28.6 Å². The summed E-state index contributed by atoms with van der Waals surface area (Å²) in [6.45, 7) is 0.500. The Bertz CT molecular complexity index is 631. The maximum atomic E-state index is 13.6. The SMILES string of the molecule is Fc1cc2c(c(CSc3ccccc3F)c1)OCOC2. The molecule has 1 aliphatic heterocycles. The van der Waals surface area contributed by atoms with E-state index in [2.05, 4.69) is 0 Å². The van der Waals surface area contributed by atoms with Crippen molar-refractivity contribution in [3.63, 3.8) is 0 Å². The normalized spacial score (nSPS) is 13.7. The van der Waals surface area contributed by atoms with E-state index >= 15 is 0 Å². The fourth-order valence-electron chi connectivity index (χ4n) is 2.08. The molecule has 0 N–H and O–H groups in total. The van der Waals surface area contributed by atoms with Gasteiger partial charge >= 0.3 is 0 Å². The second-order valence-electron chi connectivity index (χ2n) is 4.38. The van der Waals surface area contributed by atoms with Gasteiger partial charge in [0.2, 0.25) is 0 Å². The number of fused-ring (bicyclic) bond motifs is 1. The van der Waals surface area contributed by atoms with E-state index in [-0.39, 0.29) is 18.4 Å². The molecule has 2 aromatic carbocycles.